The fraction of sp³-hybridized carbons (Fsp3) is 0.133. The van der Waals surface area contributed by atoms with E-state index in [1.165, 1.54) is 18.3 Å². The number of nitrogens with two attached hydrogens (primary N) is 1. The van der Waals surface area contributed by atoms with Crippen molar-refractivity contribution in [3.63, 3.8) is 0 Å². The Bertz CT molecular complexity index is 626. The van der Waals surface area contributed by atoms with Crippen molar-refractivity contribution in [1.29, 1.82) is 0 Å². The number of carboxylic acid groups (broad SMARTS) is 1. The van der Waals surface area contributed by atoms with E-state index in [4.69, 9.17) is 10.8 Å². The van der Waals surface area contributed by atoms with Crippen molar-refractivity contribution in [2.45, 2.75) is 12.5 Å². The summed E-state index contributed by atoms with van der Waals surface area (Å²) in [5.74, 6) is -1.46. The van der Waals surface area contributed by atoms with E-state index in [9.17, 15) is 9.59 Å². The van der Waals surface area contributed by atoms with Crippen molar-refractivity contribution in [2.75, 3.05) is 5.32 Å². The summed E-state index contributed by atoms with van der Waals surface area (Å²) < 4.78 is 0. The van der Waals surface area contributed by atoms with Gasteiger partial charge in [-0.15, -0.1) is 0 Å². The number of carboxylic acids is 1. The zero-order valence-electron chi connectivity index (χ0n) is 11.2. The van der Waals surface area contributed by atoms with Gasteiger partial charge < -0.3 is 16.2 Å². The van der Waals surface area contributed by atoms with Gasteiger partial charge in [0.05, 0.1) is 17.9 Å². The highest BCUT2D eigenvalue weighted by Gasteiger charge is 2.14. The average molecular weight is 285 g/mol. The number of benzene rings is 1. The molecule has 1 aromatic carbocycles. The quantitative estimate of drug-likeness (QED) is 0.767. The average Bonchev–Trinajstić information content (AvgIpc) is 2.48. The first kappa shape index (κ1) is 14.7. The summed E-state index contributed by atoms with van der Waals surface area (Å²) in [6.45, 7) is 0. The molecule has 6 nitrogen and oxygen atoms in total. The minimum atomic E-state index is -1.12. The maximum absolute atomic E-state index is 12.0. The van der Waals surface area contributed by atoms with E-state index in [0.717, 1.165) is 5.56 Å². The van der Waals surface area contributed by atoms with Gasteiger partial charge in [0.2, 0.25) is 5.91 Å². The Balaban J connectivity index is 1.95. The Morgan fingerprint density at radius 2 is 1.90 bits per heavy atom. The summed E-state index contributed by atoms with van der Waals surface area (Å²) in [7, 11) is 0. The number of carbonyl (C=O) groups is 2. The van der Waals surface area contributed by atoms with Crippen LogP contribution >= 0.6 is 0 Å². The van der Waals surface area contributed by atoms with E-state index < -0.39 is 12.0 Å². The number of nitrogens with one attached hydrogen (secondary N) is 1. The van der Waals surface area contributed by atoms with Gasteiger partial charge in [0.25, 0.3) is 0 Å². The van der Waals surface area contributed by atoms with E-state index in [1.807, 2.05) is 30.3 Å². The van der Waals surface area contributed by atoms with Crippen molar-refractivity contribution >= 4 is 17.6 Å². The highest BCUT2D eigenvalue weighted by Crippen LogP contribution is 2.08. The Morgan fingerprint density at radius 1 is 1.19 bits per heavy atom. The van der Waals surface area contributed by atoms with Gasteiger partial charge in [0, 0.05) is 0 Å². The van der Waals surface area contributed by atoms with Gasteiger partial charge in [-0.25, -0.2) is 9.78 Å². The number of hydrogen-bond acceptors (Lipinski definition) is 4. The molecular weight excluding hydrogens is 270 g/mol. The number of pyridine rings is 1. The molecule has 0 bridgehead atoms. The molecule has 0 saturated heterocycles. The lowest BCUT2D eigenvalue weighted by atomic mass is 10.1. The molecule has 108 valence electrons. The number of aromatic nitrogens is 1. The van der Waals surface area contributed by atoms with E-state index in [0.29, 0.717) is 12.1 Å². The van der Waals surface area contributed by atoms with Crippen LogP contribution < -0.4 is 11.1 Å². The van der Waals surface area contributed by atoms with Crippen molar-refractivity contribution < 1.29 is 14.7 Å². The third-order valence-electron chi connectivity index (χ3n) is 2.89. The third-order valence-corrected chi connectivity index (χ3v) is 2.89. The number of rotatable bonds is 5. The molecule has 0 unspecified atom stereocenters. The molecular formula is C15H15N3O3. The van der Waals surface area contributed by atoms with Crippen LogP contribution in [0.5, 0.6) is 0 Å². The zero-order chi connectivity index (χ0) is 15.2. The van der Waals surface area contributed by atoms with Crippen molar-refractivity contribution in [3.05, 3.63) is 59.9 Å². The number of carbonyl (C=O) groups excluding carboxylic acids is 1. The lowest BCUT2D eigenvalue weighted by Gasteiger charge is -2.12. The number of nitrogens with zero attached hydrogens (tertiary/aromatic N) is 1. The Morgan fingerprint density at radius 3 is 2.48 bits per heavy atom. The molecule has 2 rings (SSSR count). The molecule has 0 saturated carbocycles. The summed E-state index contributed by atoms with van der Waals surface area (Å²) in [5.41, 5.74) is 7.15. The first-order valence-electron chi connectivity index (χ1n) is 6.36. The summed E-state index contributed by atoms with van der Waals surface area (Å²) in [5, 5.41) is 11.3. The van der Waals surface area contributed by atoms with Gasteiger partial charge in [0.1, 0.15) is 5.69 Å². The molecule has 1 heterocycles. The van der Waals surface area contributed by atoms with Gasteiger partial charge in [-0.05, 0) is 24.1 Å². The van der Waals surface area contributed by atoms with E-state index in [2.05, 4.69) is 10.3 Å². The first-order chi connectivity index (χ1) is 10.1. The van der Waals surface area contributed by atoms with Gasteiger partial charge in [-0.3, -0.25) is 4.79 Å². The Kier molecular flexibility index (Phi) is 4.63. The molecule has 0 aliphatic heterocycles. The molecule has 1 aromatic heterocycles. The normalized spacial score (nSPS) is 11.7. The van der Waals surface area contributed by atoms with Crippen molar-refractivity contribution in [3.8, 4) is 0 Å². The van der Waals surface area contributed by atoms with Crippen LogP contribution in [0.15, 0.2) is 48.7 Å². The van der Waals surface area contributed by atoms with Crippen LogP contribution in [0.3, 0.4) is 0 Å². The molecule has 0 aliphatic carbocycles. The van der Waals surface area contributed by atoms with E-state index >= 15 is 0 Å². The molecule has 21 heavy (non-hydrogen) atoms. The minimum absolute atomic E-state index is 0.0819. The summed E-state index contributed by atoms with van der Waals surface area (Å²) in [6, 6.07) is 11.6. The Labute approximate surface area is 121 Å². The Hall–Kier alpha value is -2.73. The molecule has 0 spiro atoms. The van der Waals surface area contributed by atoms with Crippen LogP contribution in [0.2, 0.25) is 0 Å². The summed E-state index contributed by atoms with van der Waals surface area (Å²) in [4.78, 5) is 26.4. The molecule has 1 amide bonds. The van der Waals surface area contributed by atoms with Crippen LogP contribution in [0.1, 0.15) is 16.1 Å². The van der Waals surface area contributed by atoms with Gasteiger partial charge in [-0.1, -0.05) is 30.3 Å². The standard InChI is InChI=1S/C15H15N3O3/c16-12(8-10-4-2-1-3-5-10)14(19)18-11-6-7-13(15(20)21)17-9-11/h1-7,9,12H,8,16H2,(H,18,19)(H,20,21)/t12-/m1/s1. The van der Waals surface area contributed by atoms with Crippen molar-refractivity contribution in [2.24, 2.45) is 5.73 Å². The van der Waals surface area contributed by atoms with Gasteiger partial charge in [-0.2, -0.15) is 0 Å². The molecule has 2 aromatic rings. The second-order valence-electron chi connectivity index (χ2n) is 4.52. The summed E-state index contributed by atoms with van der Waals surface area (Å²) >= 11 is 0. The maximum atomic E-state index is 12.0. The van der Waals surface area contributed by atoms with Gasteiger partial charge in [0.15, 0.2) is 0 Å². The molecule has 1 atom stereocenters. The second-order valence-corrected chi connectivity index (χ2v) is 4.52. The number of aromatic carboxylic acids is 1. The minimum Gasteiger partial charge on any atom is -0.477 e. The molecule has 0 radical (unpaired) electrons. The maximum Gasteiger partial charge on any atom is 0.354 e. The summed E-state index contributed by atoms with van der Waals surface area (Å²) in [6.07, 6.45) is 1.71. The van der Waals surface area contributed by atoms with Crippen LogP contribution in [-0.2, 0) is 11.2 Å². The molecule has 6 heteroatoms. The third kappa shape index (κ3) is 4.12. The molecule has 4 N–H and O–H groups in total. The number of hydrogen-bond donors (Lipinski definition) is 3. The highest BCUT2D eigenvalue weighted by atomic mass is 16.4. The number of anilines is 1. The zero-order valence-corrected chi connectivity index (χ0v) is 11.2. The van der Waals surface area contributed by atoms with Crippen LogP contribution in [0.25, 0.3) is 0 Å². The fourth-order valence-corrected chi connectivity index (χ4v) is 1.79. The van der Waals surface area contributed by atoms with E-state index in [1.54, 1.807) is 0 Å². The SMILES string of the molecule is N[C@H](Cc1ccccc1)C(=O)Nc1ccc(C(=O)O)nc1. The van der Waals surface area contributed by atoms with E-state index in [-0.39, 0.29) is 11.6 Å². The molecule has 0 fully saturated rings. The van der Waals surface area contributed by atoms with Crippen LogP contribution in [0.4, 0.5) is 5.69 Å². The topological polar surface area (TPSA) is 105 Å². The predicted octanol–water partition coefficient (Wildman–Crippen LogP) is 1.29. The monoisotopic (exact) mass is 285 g/mol. The lowest BCUT2D eigenvalue weighted by molar-refractivity contribution is -0.117. The molecule has 0 aliphatic rings. The predicted molar refractivity (Wildman–Crippen MR) is 77.9 cm³/mol. The van der Waals surface area contributed by atoms with Crippen LogP contribution in [-0.4, -0.2) is 28.0 Å². The largest absolute Gasteiger partial charge is 0.477 e. The van der Waals surface area contributed by atoms with Crippen LogP contribution in [0, 0.1) is 0 Å². The second kappa shape index (κ2) is 6.62. The smallest absolute Gasteiger partial charge is 0.354 e. The highest BCUT2D eigenvalue weighted by molar-refractivity contribution is 5.95. The van der Waals surface area contributed by atoms with Gasteiger partial charge >= 0.3 is 5.97 Å². The van der Waals surface area contributed by atoms with Crippen molar-refractivity contribution in [1.82, 2.24) is 4.98 Å². The lowest BCUT2D eigenvalue weighted by Crippen LogP contribution is -2.37. The number of amides is 1. The fourth-order valence-electron chi connectivity index (χ4n) is 1.79. The first-order valence-corrected chi connectivity index (χ1v) is 6.36.